The van der Waals surface area contributed by atoms with Crippen molar-refractivity contribution in [3.63, 3.8) is 0 Å². The Morgan fingerprint density at radius 2 is 1.88 bits per heavy atom. The fourth-order valence-corrected chi connectivity index (χ4v) is 2.05. The van der Waals surface area contributed by atoms with Gasteiger partial charge in [0.15, 0.2) is 11.5 Å². The Morgan fingerprint density at radius 3 is 2.64 bits per heavy atom. The van der Waals surface area contributed by atoms with E-state index in [1.165, 1.54) is 21.1 Å². The van der Waals surface area contributed by atoms with Crippen LogP contribution in [0.1, 0.15) is 42.7 Å². The molecular formula is C21H28O4. The second-order valence-corrected chi connectivity index (χ2v) is 5.30. The summed E-state index contributed by atoms with van der Waals surface area (Å²) < 4.78 is 88.2. The highest BCUT2D eigenvalue weighted by Gasteiger charge is 2.07. The third-order valence-electron chi connectivity index (χ3n) is 3.32. The minimum Gasteiger partial charge on any atom is -0.493 e. The molecule has 1 atom stereocenters. The predicted molar refractivity (Wildman–Crippen MR) is 99.8 cm³/mol. The molecule has 0 saturated carbocycles. The quantitative estimate of drug-likeness (QED) is 0.696. The number of hydrogen-bond acceptors (Lipinski definition) is 4. The van der Waals surface area contributed by atoms with Crippen LogP contribution in [0.3, 0.4) is 0 Å². The normalized spacial score (nSPS) is 17.5. The van der Waals surface area contributed by atoms with Gasteiger partial charge in [0.1, 0.15) is 12.4 Å². The van der Waals surface area contributed by atoms with Gasteiger partial charge >= 0.3 is 0 Å². The Morgan fingerprint density at radius 1 is 1.08 bits per heavy atom. The Labute approximate surface area is 163 Å². The number of ether oxygens (including phenoxy) is 3. The molecular weight excluding hydrogens is 316 g/mol. The second kappa shape index (κ2) is 9.94. The molecule has 0 aromatic heterocycles. The number of rotatable bonds is 10. The van der Waals surface area contributed by atoms with Gasteiger partial charge < -0.3 is 19.3 Å². The summed E-state index contributed by atoms with van der Waals surface area (Å²) in [6.45, 7) is 1.18. The molecule has 0 spiro atoms. The van der Waals surface area contributed by atoms with E-state index >= 15 is 0 Å². The van der Waals surface area contributed by atoms with Crippen LogP contribution < -0.4 is 14.2 Å². The predicted octanol–water partition coefficient (Wildman–Crippen LogP) is 4.16. The summed E-state index contributed by atoms with van der Waals surface area (Å²) in [6.07, 6.45) is -3.15. The van der Waals surface area contributed by atoms with Crippen LogP contribution in [0.4, 0.5) is 0 Å². The highest BCUT2D eigenvalue weighted by molar-refractivity contribution is 5.42. The molecule has 0 aliphatic rings. The molecule has 2 aromatic rings. The minimum absolute atomic E-state index is 0.0884. The van der Waals surface area contributed by atoms with E-state index in [1.54, 1.807) is 0 Å². The third-order valence-corrected chi connectivity index (χ3v) is 3.32. The topological polar surface area (TPSA) is 47.9 Å². The van der Waals surface area contributed by atoms with Crippen LogP contribution in [0.2, 0.25) is 0 Å². The zero-order valence-corrected chi connectivity index (χ0v) is 14.6. The van der Waals surface area contributed by atoms with Crippen molar-refractivity contribution in [2.45, 2.75) is 38.7 Å². The molecule has 0 saturated heterocycles. The van der Waals surface area contributed by atoms with Crippen LogP contribution in [-0.4, -0.2) is 32.0 Å². The van der Waals surface area contributed by atoms with Gasteiger partial charge in [-0.2, -0.15) is 0 Å². The standard InChI is InChI=1S/C21H28O4/c1-16-7-6-10-19(13-16)25-15-18(22)9-5-4-8-17-11-12-20(23-2)21(14-17)24-3/h6-7,10-14,18,22H,4-5,8-9,15H2,1-3H3/i6D,7D,8D2,10D,11D,12D,13D,14D. The van der Waals surface area contributed by atoms with Crippen molar-refractivity contribution >= 4 is 0 Å². The van der Waals surface area contributed by atoms with Gasteiger partial charge in [-0.15, -0.1) is 0 Å². The lowest BCUT2D eigenvalue weighted by atomic mass is 10.0. The zero-order valence-electron chi connectivity index (χ0n) is 23.6. The summed E-state index contributed by atoms with van der Waals surface area (Å²) >= 11 is 0. The molecule has 4 nitrogen and oxygen atoms in total. The molecule has 0 aliphatic heterocycles. The van der Waals surface area contributed by atoms with Crippen LogP contribution in [0.15, 0.2) is 42.3 Å². The highest BCUT2D eigenvalue weighted by Crippen LogP contribution is 2.28. The second-order valence-electron chi connectivity index (χ2n) is 5.30. The smallest absolute Gasteiger partial charge is 0.160 e. The molecule has 0 amide bonds. The fraction of sp³-hybridized carbons (Fsp3) is 0.429. The SMILES string of the molecule is [2H]c1c([2H])c(C)c([2H])c(OCC(O)CCCC([2H])([2H])c2c([2H])c([2H])c(OC)c(OC)c2[2H])c1[2H]. The summed E-state index contributed by atoms with van der Waals surface area (Å²) in [5, 5.41) is 10.3. The summed E-state index contributed by atoms with van der Waals surface area (Å²) in [5.41, 5.74) is -0.104. The number of benzene rings is 2. The van der Waals surface area contributed by atoms with Crippen molar-refractivity contribution < 1.29 is 31.7 Å². The number of aliphatic hydroxyl groups is 1. The van der Waals surface area contributed by atoms with Crippen molar-refractivity contribution in [3.05, 3.63) is 53.4 Å². The first-order valence-electron chi connectivity index (χ1n) is 12.4. The van der Waals surface area contributed by atoms with Crippen molar-refractivity contribution in [3.8, 4) is 17.2 Å². The Kier molecular flexibility index (Phi) is 4.01. The van der Waals surface area contributed by atoms with Crippen molar-refractivity contribution in [2.24, 2.45) is 0 Å². The molecule has 2 aromatic carbocycles. The maximum absolute atomic E-state index is 10.3. The van der Waals surface area contributed by atoms with Crippen LogP contribution in [0.25, 0.3) is 0 Å². The highest BCUT2D eigenvalue weighted by atomic mass is 16.5. The average molecular weight is 354 g/mol. The molecule has 25 heavy (non-hydrogen) atoms. The van der Waals surface area contributed by atoms with Crippen molar-refractivity contribution in [2.75, 3.05) is 20.8 Å². The summed E-state index contributed by atoms with van der Waals surface area (Å²) in [4.78, 5) is 0. The molecule has 136 valence electrons. The molecule has 0 radical (unpaired) electrons. The van der Waals surface area contributed by atoms with Gasteiger partial charge in [0.25, 0.3) is 0 Å². The molecule has 0 aliphatic carbocycles. The van der Waals surface area contributed by atoms with E-state index in [9.17, 15) is 5.11 Å². The number of hydrogen-bond donors (Lipinski definition) is 1. The van der Waals surface area contributed by atoms with Gasteiger partial charge in [-0.1, -0.05) is 24.5 Å². The van der Waals surface area contributed by atoms with Gasteiger partial charge in [0.2, 0.25) is 0 Å². The molecule has 0 fully saturated rings. The summed E-state index contributed by atoms with van der Waals surface area (Å²) in [6, 6.07) is -2.43. The van der Waals surface area contributed by atoms with E-state index in [-0.39, 0.29) is 84.5 Å². The fourth-order valence-electron chi connectivity index (χ4n) is 2.05. The lowest BCUT2D eigenvalue weighted by molar-refractivity contribution is 0.0976. The molecule has 1 unspecified atom stereocenters. The van der Waals surface area contributed by atoms with Crippen LogP contribution >= 0.6 is 0 Å². The summed E-state index contributed by atoms with van der Waals surface area (Å²) in [7, 11) is 2.54. The van der Waals surface area contributed by atoms with Gasteiger partial charge in [-0.05, 0) is 61.4 Å². The van der Waals surface area contributed by atoms with Crippen LogP contribution in [0.5, 0.6) is 17.2 Å². The van der Waals surface area contributed by atoms with E-state index < -0.39 is 24.6 Å². The largest absolute Gasteiger partial charge is 0.493 e. The number of methoxy groups -OCH3 is 2. The molecule has 4 heteroatoms. The molecule has 0 heterocycles. The first kappa shape index (κ1) is 10.1. The van der Waals surface area contributed by atoms with E-state index in [2.05, 4.69) is 0 Å². The Bertz CT molecular complexity index is 1030. The molecule has 1 N–H and O–H groups in total. The van der Waals surface area contributed by atoms with E-state index in [0.29, 0.717) is 0 Å². The van der Waals surface area contributed by atoms with Crippen molar-refractivity contribution in [1.82, 2.24) is 0 Å². The first-order valence-corrected chi connectivity index (χ1v) is 7.90. The van der Waals surface area contributed by atoms with Gasteiger partial charge in [0, 0.05) is 2.74 Å². The monoisotopic (exact) mass is 353 g/mol. The van der Waals surface area contributed by atoms with Gasteiger partial charge in [-0.3, -0.25) is 0 Å². The average Bonchev–Trinajstić information content (AvgIpc) is 2.78. The lowest BCUT2D eigenvalue weighted by Gasteiger charge is -2.13. The Hall–Kier alpha value is -2.20. The van der Waals surface area contributed by atoms with Crippen molar-refractivity contribution in [1.29, 1.82) is 0 Å². The lowest BCUT2D eigenvalue weighted by Crippen LogP contribution is -2.17. The van der Waals surface area contributed by atoms with E-state index in [4.69, 9.17) is 26.5 Å². The zero-order chi connectivity index (χ0) is 26.0. The first-order chi connectivity index (χ1) is 15.8. The van der Waals surface area contributed by atoms with Gasteiger partial charge in [0.05, 0.1) is 29.9 Å². The Balaban J connectivity index is 2.10. The molecule has 0 bridgehead atoms. The van der Waals surface area contributed by atoms with Crippen LogP contribution in [-0.2, 0) is 6.37 Å². The maximum Gasteiger partial charge on any atom is 0.160 e. The number of aliphatic hydroxyl groups excluding tert-OH is 1. The molecule has 2 rings (SSSR count). The maximum atomic E-state index is 10.3. The van der Waals surface area contributed by atoms with E-state index in [0.717, 1.165) is 0 Å². The van der Waals surface area contributed by atoms with E-state index in [1.807, 2.05) is 0 Å². The van der Waals surface area contributed by atoms with Crippen LogP contribution in [0, 0.1) is 6.92 Å². The minimum atomic E-state index is -2.16. The third kappa shape index (κ3) is 6.31. The summed E-state index contributed by atoms with van der Waals surface area (Å²) in [5.74, 6) is -0.438. The van der Waals surface area contributed by atoms with Gasteiger partial charge in [-0.25, -0.2) is 0 Å².